The largest absolute Gasteiger partial charge is 0.455 e. The monoisotopic (exact) mass is 471 g/mol. The minimum Gasteiger partial charge on any atom is -0.455 e. The number of hydrogen-bond acceptors (Lipinski definition) is 4. The number of rotatable bonds is 6. The van der Waals surface area contributed by atoms with Crippen LogP contribution in [0.25, 0.3) is 22.1 Å². The first-order valence-electron chi connectivity index (χ1n) is 9.29. The van der Waals surface area contributed by atoms with Crippen molar-refractivity contribution in [2.24, 2.45) is 5.10 Å². The lowest BCUT2D eigenvalue weighted by Crippen LogP contribution is -2.25. The van der Waals surface area contributed by atoms with E-state index in [4.69, 9.17) is 39.2 Å². The SMILES string of the molecule is O=C(CNc1ccc2ccccc2c1)N/N=C\c1ccc(-c2cc(Cl)c(Cl)cc2Cl)o1. The van der Waals surface area contributed by atoms with Crippen LogP contribution in [-0.2, 0) is 4.79 Å². The lowest BCUT2D eigenvalue weighted by molar-refractivity contribution is -0.119. The molecule has 8 heteroatoms. The fourth-order valence-corrected chi connectivity index (χ4v) is 3.61. The second kappa shape index (κ2) is 9.43. The van der Waals surface area contributed by atoms with Gasteiger partial charge >= 0.3 is 0 Å². The van der Waals surface area contributed by atoms with E-state index in [1.54, 1.807) is 24.3 Å². The molecule has 31 heavy (non-hydrogen) atoms. The molecular formula is C23H16Cl3N3O2. The predicted molar refractivity (Wildman–Crippen MR) is 127 cm³/mol. The van der Waals surface area contributed by atoms with Crippen molar-refractivity contribution in [2.45, 2.75) is 0 Å². The van der Waals surface area contributed by atoms with Crippen LogP contribution in [0, 0.1) is 0 Å². The second-order valence-corrected chi connectivity index (χ2v) is 7.88. The maximum Gasteiger partial charge on any atom is 0.259 e. The van der Waals surface area contributed by atoms with Gasteiger partial charge in [-0.1, -0.05) is 65.1 Å². The molecule has 1 heterocycles. The standard InChI is InChI=1S/C23H16Cl3N3O2/c24-19-11-21(26)20(25)10-18(19)22-8-7-17(31-22)12-28-29-23(30)13-27-16-6-5-14-3-1-2-4-15(14)9-16/h1-12,27H,13H2,(H,29,30)/b28-12-. The number of furan rings is 1. The van der Waals surface area contributed by atoms with Crippen LogP contribution in [0.2, 0.25) is 15.1 Å². The van der Waals surface area contributed by atoms with E-state index in [-0.39, 0.29) is 12.5 Å². The highest BCUT2D eigenvalue weighted by Crippen LogP contribution is 2.35. The van der Waals surface area contributed by atoms with Gasteiger partial charge in [-0.3, -0.25) is 4.79 Å². The van der Waals surface area contributed by atoms with Crippen LogP contribution in [0.3, 0.4) is 0 Å². The number of halogens is 3. The van der Waals surface area contributed by atoms with E-state index < -0.39 is 0 Å². The van der Waals surface area contributed by atoms with E-state index in [0.29, 0.717) is 32.2 Å². The first-order chi connectivity index (χ1) is 15.0. The third kappa shape index (κ3) is 5.20. The first kappa shape index (κ1) is 21.2. The summed E-state index contributed by atoms with van der Waals surface area (Å²) in [6.07, 6.45) is 1.41. The molecule has 0 saturated carbocycles. The number of fused-ring (bicyclic) bond motifs is 1. The van der Waals surface area contributed by atoms with E-state index in [9.17, 15) is 4.79 Å². The fourth-order valence-electron chi connectivity index (χ4n) is 2.97. The van der Waals surface area contributed by atoms with Gasteiger partial charge in [-0.25, -0.2) is 5.43 Å². The van der Waals surface area contributed by atoms with Gasteiger partial charge in [0.15, 0.2) is 0 Å². The summed E-state index contributed by atoms with van der Waals surface area (Å²) in [5, 5.41) is 10.4. The Bertz CT molecular complexity index is 1280. The smallest absolute Gasteiger partial charge is 0.259 e. The van der Waals surface area contributed by atoms with Crippen molar-refractivity contribution < 1.29 is 9.21 Å². The molecule has 0 aliphatic heterocycles. The number of nitrogens with one attached hydrogen (secondary N) is 2. The van der Waals surface area contributed by atoms with Crippen molar-refractivity contribution in [2.75, 3.05) is 11.9 Å². The molecule has 0 unspecified atom stereocenters. The van der Waals surface area contributed by atoms with Gasteiger partial charge in [0.05, 0.1) is 27.8 Å². The number of anilines is 1. The van der Waals surface area contributed by atoms with Crippen molar-refractivity contribution in [3.05, 3.63) is 87.6 Å². The van der Waals surface area contributed by atoms with Crippen LogP contribution in [0.5, 0.6) is 0 Å². The number of benzene rings is 3. The van der Waals surface area contributed by atoms with Crippen LogP contribution in [0.1, 0.15) is 5.76 Å². The van der Waals surface area contributed by atoms with Gasteiger partial charge in [-0.15, -0.1) is 0 Å². The van der Waals surface area contributed by atoms with Crippen LogP contribution < -0.4 is 10.7 Å². The van der Waals surface area contributed by atoms with Gasteiger partial charge < -0.3 is 9.73 Å². The zero-order valence-electron chi connectivity index (χ0n) is 16.0. The first-order valence-corrected chi connectivity index (χ1v) is 10.4. The summed E-state index contributed by atoms with van der Waals surface area (Å²) in [5.41, 5.74) is 3.92. The normalized spacial score (nSPS) is 11.2. The number of hydrazone groups is 1. The molecule has 5 nitrogen and oxygen atoms in total. The Hall–Kier alpha value is -2.99. The molecule has 0 bridgehead atoms. The van der Waals surface area contributed by atoms with Crippen molar-refractivity contribution >= 4 is 63.4 Å². The molecular weight excluding hydrogens is 457 g/mol. The molecule has 2 N–H and O–H groups in total. The third-order valence-electron chi connectivity index (χ3n) is 4.49. The number of hydrogen-bond donors (Lipinski definition) is 2. The molecule has 0 aliphatic rings. The molecule has 0 aliphatic carbocycles. The van der Waals surface area contributed by atoms with Crippen LogP contribution in [0.15, 0.2) is 76.2 Å². The number of nitrogens with zero attached hydrogens (tertiary/aromatic N) is 1. The Labute approximate surface area is 193 Å². The van der Waals surface area contributed by atoms with E-state index in [2.05, 4.69) is 15.8 Å². The Kier molecular flexibility index (Phi) is 6.47. The molecule has 1 amide bonds. The Morgan fingerprint density at radius 2 is 1.68 bits per heavy atom. The molecule has 4 aromatic rings. The lowest BCUT2D eigenvalue weighted by atomic mass is 10.1. The van der Waals surface area contributed by atoms with Gasteiger partial charge in [0.1, 0.15) is 11.5 Å². The van der Waals surface area contributed by atoms with Crippen molar-refractivity contribution in [3.63, 3.8) is 0 Å². The maximum atomic E-state index is 12.0. The summed E-state index contributed by atoms with van der Waals surface area (Å²) in [6.45, 7) is 0.0813. The predicted octanol–water partition coefficient (Wildman–Crippen LogP) is 6.62. The Morgan fingerprint density at radius 3 is 2.52 bits per heavy atom. The third-order valence-corrected chi connectivity index (χ3v) is 5.52. The summed E-state index contributed by atoms with van der Waals surface area (Å²) in [4.78, 5) is 12.0. The molecule has 0 saturated heterocycles. The van der Waals surface area contributed by atoms with E-state index >= 15 is 0 Å². The Morgan fingerprint density at radius 1 is 0.903 bits per heavy atom. The quantitative estimate of drug-likeness (QED) is 0.188. The molecule has 0 fully saturated rings. The summed E-state index contributed by atoms with van der Waals surface area (Å²) >= 11 is 18.2. The van der Waals surface area contributed by atoms with Crippen molar-refractivity contribution in [3.8, 4) is 11.3 Å². The van der Waals surface area contributed by atoms with Crippen LogP contribution >= 0.6 is 34.8 Å². The lowest BCUT2D eigenvalue weighted by Gasteiger charge is -2.06. The Balaban J connectivity index is 1.33. The topological polar surface area (TPSA) is 66.6 Å². The molecule has 1 aromatic heterocycles. The van der Waals surface area contributed by atoms with Crippen molar-refractivity contribution in [1.29, 1.82) is 0 Å². The average Bonchev–Trinajstić information content (AvgIpc) is 3.23. The van der Waals surface area contributed by atoms with E-state index in [0.717, 1.165) is 16.5 Å². The average molecular weight is 473 g/mol. The fraction of sp³-hybridized carbons (Fsp3) is 0.0435. The molecule has 3 aromatic carbocycles. The molecule has 4 rings (SSSR count). The van der Waals surface area contributed by atoms with Gasteiger partial charge in [0.2, 0.25) is 0 Å². The minimum absolute atomic E-state index is 0.0813. The molecule has 156 valence electrons. The van der Waals surface area contributed by atoms with Gasteiger partial charge in [0, 0.05) is 11.3 Å². The second-order valence-electron chi connectivity index (χ2n) is 6.66. The highest BCUT2D eigenvalue weighted by Gasteiger charge is 2.11. The maximum absolute atomic E-state index is 12.0. The van der Waals surface area contributed by atoms with Gasteiger partial charge in [-0.2, -0.15) is 5.10 Å². The summed E-state index contributed by atoms with van der Waals surface area (Å²) < 4.78 is 5.69. The van der Waals surface area contributed by atoms with Crippen molar-refractivity contribution in [1.82, 2.24) is 5.43 Å². The molecule has 0 spiro atoms. The van der Waals surface area contributed by atoms with Gasteiger partial charge in [0.25, 0.3) is 5.91 Å². The highest BCUT2D eigenvalue weighted by molar-refractivity contribution is 6.44. The van der Waals surface area contributed by atoms with E-state index in [1.165, 1.54) is 6.21 Å². The molecule has 0 radical (unpaired) electrons. The summed E-state index contributed by atoms with van der Waals surface area (Å²) in [5.74, 6) is 0.665. The minimum atomic E-state index is -0.288. The number of carbonyl (C=O) groups is 1. The zero-order valence-corrected chi connectivity index (χ0v) is 18.3. The highest BCUT2D eigenvalue weighted by atomic mass is 35.5. The number of carbonyl (C=O) groups excluding carboxylic acids is 1. The summed E-state index contributed by atoms with van der Waals surface area (Å²) in [7, 11) is 0. The van der Waals surface area contributed by atoms with Crippen LogP contribution in [0.4, 0.5) is 5.69 Å². The van der Waals surface area contributed by atoms with Gasteiger partial charge in [-0.05, 0) is 47.2 Å². The summed E-state index contributed by atoms with van der Waals surface area (Å²) in [6, 6.07) is 20.6. The zero-order chi connectivity index (χ0) is 21.8. The molecule has 0 atom stereocenters. The van der Waals surface area contributed by atoms with Crippen LogP contribution in [-0.4, -0.2) is 18.7 Å². The van der Waals surface area contributed by atoms with E-state index in [1.807, 2.05) is 42.5 Å². The number of amides is 1.